The van der Waals surface area contributed by atoms with Crippen LogP contribution in [0.2, 0.25) is 0 Å². The van der Waals surface area contributed by atoms with E-state index in [0.29, 0.717) is 12.5 Å². The van der Waals surface area contributed by atoms with Crippen LogP contribution in [0, 0.1) is 0 Å². The molecule has 1 aliphatic heterocycles. The average Bonchev–Trinajstić information content (AvgIpc) is 2.58. The fraction of sp³-hybridized carbons (Fsp3) is 0.611. The fourth-order valence-electron chi connectivity index (χ4n) is 2.69. The molecule has 1 aromatic carbocycles. The largest absolute Gasteiger partial charge is 0.379 e. The van der Waals surface area contributed by atoms with Crippen molar-refractivity contribution in [3.05, 3.63) is 35.4 Å². The molecule has 0 aromatic heterocycles. The minimum atomic E-state index is 0. The van der Waals surface area contributed by atoms with E-state index in [9.17, 15) is 0 Å². The molecule has 0 aliphatic carbocycles. The molecule has 3 N–H and O–H groups in total. The molecule has 7 heteroatoms. The lowest BCUT2D eigenvalue weighted by Crippen LogP contribution is -2.39. The van der Waals surface area contributed by atoms with Gasteiger partial charge in [0.15, 0.2) is 5.96 Å². The van der Waals surface area contributed by atoms with E-state index in [2.05, 4.69) is 58.5 Å². The number of hydrogen-bond acceptors (Lipinski definition) is 4. The summed E-state index contributed by atoms with van der Waals surface area (Å²) < 4.78 is 5.35. The minimum Gasteiger partial charge on any atom is -0.379 e. The summed E-state index contributed by atoms with van der Waals surface area (Å²) in [5.41, 5.74) is 8.42. The van der Waals surface area contributed by atoms with Crippen molar-refractivity contribution in [1.82, 2.24) is 15.1 Å². The Kier molecular flexibility index (Phi) is 11.0. The van der Waals surface area contributed by atoms with E-state index in [0.717, 1.165) is 52.4 Å². The van der Waals surface area contributed by atoms with E-state index in [-0.39, 0.29) is 24.0 Å². The van der Waals surface area contributed by atoms with Crippen LogP contribution in [0.4, 0.5) is 0 Å². The molecular formula is C18H32IN5O. The number of benzene rings is 1. The third-order valence-electron chi connectivity index (χ3n) is 4.01. The molecule has 142 valence electrons. The zero-order valence-electron chi connectivity index (χ0n) is 15.4. The van der Waals surface area contributed by atoms with Gasteiger partial charge in [0.05, 0.1) is 19.8 Å². The highest BCUT2D eigenvalue weighted by atomic mass is 127. The van der Waals surface area contributed by atoms with E-state index in [4.69, 9.17) is 10.5 Å². The quantitative estimate of drug-likeness (QED) is 0.266. The van der Waals surface area contributed by atoms with Crippen molar-refractivity contribution < 1.29 is 4.74 Å². The first kappa shape index (κ1) is 22.1. The molecule has 0 amide bonds. The van der Waals surface area contributed by atoms with Crippen molar-refractivity contribution in [1.29, 1.82) is 0 Å². The highest BCUT2D eigenvalue weighted by Crippen LogP contribution is 2.07. The average molecular weight is 461 g/mol. The van der Waals surface area contributed by atoms with Gasteiger partial charge in [-0.15, -0.1) is 24.0 Å². The number of rotatable bonds is 8. The molecule has 1 saturated heterocycles. The maximum atomic E-state index is 5.94. The summed E-state index contributed by atoms with van der Waals surface area (Å²) in [7, 11) is 4.15. The van der Waals surface area contributed by atoms with Crippen molar-refractivity contribution in [3.63, 3.8) is 0 Å². The third kappa shape index (κ3) is 9.39. The van der Waals surface area contributed by atoms with Gasteiger partial charge >= 0.3 is 0 Å². The van der Waals surface area contributed by atoms with Gasteiger partial charge in [-0.3, -0.25) is 4.90 Å². The molecule has 1 heterocycles. The van der Waals surface area contributed by atoms with Crippen LogP contribution in [-0.4, -0.2) is 69.2 Å². The lowest BCUT2D eigenvalue weighted by atomic mass is 10.1. The molecule has 6 nitrogen and oxygen atoms in total. The Morgan fingerprint density at radius 2 is 1.84 bits per heavy atom. The van der Waals surface area contributed by atoms with E-state index >= 15 is 0 Å². The van der Waals surface area contributed by atoms with Crippen LogP contribution < -0.4 is 11.1 Å². The molecular weight excluding hydrogens is 429 g/mol. The Balaban J connectivity index is 0.00000312. The monoisotopic (exact) mass is 461 g/mol. The van der Waals surface area contributed by atoms with E-state index in [1.807, 2.05) is 0 Å². The maximum absolute atomic E-state index is 5.94. The predicted octanol–water partition coefficient (Wildman–Crippen LogP) is 1.49. The van der Waals surface area contributed by atoms with Crippen LogP contribution in [0.25, 0.3) is 0 Å². The van der Waals surface area contributed by atoms with Gasteiger partial charge in [-0.05, 0) is 38.2 Å². The summed E-state index contributed by atoms with van der Waals surface area (Å²) in [4.78, 5) is 8.99. The number of nitrogens with two attached hydrogens (primary N) is 1. The predicted molar refractivity (Wildman–Crippen MR) is 114 cm³/mol. The van der Waals surface area contributed by atoms with Crippen LogP contribution in [0.15, 0.2) is 29.3 Å². The molecule has 0 bridgehead atoms. The zero-order valence-corrected chi connectivity index (χ0v) is 17.7. The molecule has 25 heavy (non-hydrogen) atoms. The number of aliphatic imine (C=N–C) groups is 1. The van der Waals surface area contributed by atoms with Crippen LogP contribution in [0.5, 0.6) is 0 Å². The molecule has 0 saturated carbocycles. The Labute approximate surface area is 168 Å². The normalized spacial score (nSPS) is 15.9. The Hall–Kier alpha value is -0.900. The van der Waals surface area contributed by atoms with E-state index < -0.39 is 0 Å². The summed E-state index contributed by atoms with van der Waals surface area (Å²) in [5.74, 6) is 0.523. The summed E-state index contributed by atoms with van der Waals surface area (Å²) in [6.07, 6.45) is 1.06. The number of nitrogens with zero attached hydrogens (tertiary/aromatic N) is 3. The second kappa shape index (κ2) is 12.5. The zero-order chi connectivity index (χ0) is 17.2. The molecule has 2 rings (SSSR count). The molecule has 1 aliphatic rings. The summed E-state index contributed by atoms with van der Waals surface area (Å²) in [5, 5.41) is 3.19. The van der Waals surface area contributed by atoms with E-state index in [1.165, 1.54) is 11.1 Å². The van der Waals surface area contributed by atoms with Gasteiger partial charge in [-0.25, -0.2) is 4.99 Å². The van der Waals surface area contributed by atoms with Crippen LogP contribution in [-0.2, 0) is 17.8 Å². The highest BCUT2D eigenvalue weighted by Gasteiger charge is 2.08. The standard InChI is InChI=1S/C18H31N5O.HI/c1-22(2)15-17-6-4-16(5-7-17)14-21-18(19)20-8-3-9-23-10-12-24-13-11-23;/h4-7H,3,8-15H2,1-2H3,(H3,19,20,21);1H. The topological polar surface area (TPSA) is 66.1 Å². The number of morpholine rings is 1. The Bertz CT molecular complexity index is 501. The van der Waals surface area contributed by atoms with Crippen LogP contribution in [0.3, 0.4) is 0 Å². The first-order valence-corrected chi connectivity index (χ1v) is 8.70. The van der Waals surface area contributed by atoms with Crippen molar-refractivity contribution in [2.75, 3.05) is 53.5 Å². The summed E-state index contributed by atoms with van der Waals surface area (Å²) in [6, 6.07) is 8.54. The first-order chi connectivity index (χ1) is 11.6. The molecule has 0 atom stereocenters. The molecule has 1 fully saturated rings. The van der Waals surface area contributed by atoms with Gasteiger partial charge in [-0.2, -0.15) is 0 Å². The lowest BCUT2D eigenvalue weighted by molar-refractivity contribution is 0.0376. The summed E-state index contributed by atoms with van der Waals surface area (Å²) >= 11 is 0. The number of guanidine groups is 1. The smallest absolute Gasteiger partial charge is 0.188 e. The van der Waals surface area contributed by atoms with Gasteiger partial charge in [0.25, 0.3) is 0 Å². The second-order valence-electron chi connectivity index (χ2n) is 6.49. The van der Waals surface area contributed by atoms with Gasteiger partial charge in [0.2, 0.25) is 0 Å². The maximum Gasteiger partial charge on any atom is 0.188 e. The first-order valence-electron chi connectivity index (χ1n) is 8.70. The Morgan fingerprint density at radius 1 is 1.20 bits per heavy atom. The SMILES string of the molecule is CN(C)Cc1ccc(CN=C(N)NCCCN2CCOCC2)cc1.I. The van der Waals surface area contributed by atoms with E-state index in [1.54, 1.807) is 0 Å². The molecule has 0 radical (unpaired) electrons. The molecule has 1 aromatic rings. The number of nitrogens with one attached hydrogen (secondary N) is 1. The van der Waals surface area contributed by atoms with Crippen molar-refractivity contribution in [2.45, 2.75) is 19.5 Å². The van der Waals surface area contributed by atoms with Gasteiger partial charge in [0.1, 0.15) is 0 Å². The highest BCUT2D eigenvalue weighted by molar-refractivity contribution is 14.0. The number of ether oxygens (including phenoxy) is 1. The van der Waals surface area contributed by atoms with Crippen molar-refractivity contribution >= 4 is 29.9 Å². The third-order valence-corrected chi connectivity index (χ3v) is 4.01. The number of hydrogen-bond donors (Lipinski definition) is 2. The minimum absolute atomic E-state index is 0. The van der Waals surface area contributed by atoms with Crippen molar-refractivity contribution in [3.8, 4) is 0 Å². The van der Waals surface area contributed by atoms with Gasteiger partial charge in [-0.1, -0.05) is 24.3 Å². The number of halogens is 1. The molecule has 0 spiro atoms. The van der Waals surface area contributed by atoms with Gasteiger partial charge in [0, 0.05) is 26.2 Å². The van der Waals surface area contributed by atoms with Crippen LogP contribution in [0.1, 0.15) is 17.5 Å². The van der Waals surface area contributed by atoms with Crippen molar-refractivity contribution in [2.24, 2.45) is 10.7 Å². The fourth-order valence-corrected chi connectivity index (χ4v) is 2.69. The second-order valence-corrected chi connectivity index (χ2v) is 6.49. The lowest BCUT2D eigenvalue weighted by Gasteiger charge is -2.26. The molecule has 0 unspecified atom stereocenters. The Morgan fingerprint density at radius 3 is 2.48 bits per heavy atom. The van der Waals surface area contributed by atoms with Gasteiger partial charge < -0.3 is 20.7 Å². The summed E-state index contributed by atoms with van der Waals surface area (Å²) in [6.45, 7) is 7.28. The van der Waals surface area contributed by atoms with Crippen LogP contribution >= 0.6 is 24.0 Å².